The standard InChI is InChI=1S/C13H9Br2F3S/c1-7-10(6-11(14)19-7)12(15)8-2-4-9(5-3-8)13(16,17)18/h2-6,12H,1H3. The molecule has 0 bridgehead atoms. The summed E-state index contributed by atoms with van der Waals surface area (Å²) in [6.45, 7) is 1.99. The smallest absolute Gasteiger partial charge is 0.166 e. The summed E-state index contributed by atoms with van der Waals surface area (Å²) in [4.78, 5) is 1.03. The molecule has 1 unspecified atom stereocenters. The highest BCUT2D eigenvalue weighted by atomic mass is 79.9. The molecule has 0 saturated carbocycles. The Morgan fingerprint density at radius 3 is 2.16 bits per heavy atom. The SMILES string of the molecule is Cc1sc(Br)cc1C(Br)c1ccc(C(F)(F)F)cc1. The predicted octanol–water partition coefficient (Wildman–Crippen LogP) is 6.32. The van der Waals surface area contributed by atoms with Crippen LogP contribution in [0.1, 0.15) is 26.4 Å². The normalized spacial score (nSPS) is 13.6. The monoisotopic (exact) mass is 412 g/mol. The fourth-order valence-electron chi connectivity index (χ4n) is 1.73. The molecule has 1 atom stereocenters. The van der Waals surface area contributed by atoms with Gasteiger partial charge in [-0.1, -0.05) is 28.1 Å². The summed E-state index contributed by atoms with van der Waals surface area (Å²) in [7, 11) is 0. The fraction of sp³-hybridized carbons (Fsp3) is 0.231. The molecule has 0 spiro atoms. The summed E-state index contributed by atoms with van der Waals surface area (Å²) in [6.07, 6.45) is -4.29. The largest absolute Gasteiger partial charge is 0.416 e. The van der Waals surface area contributed by atoms with Gasteiger partial charge in [0, 0.05) is 4.88 Å². The van der Waals surface area contributed by atoms with Crippen molar-refractivity contribution in [1.29, 1.82) is 0 Å². The second kappa shape index (κ2) is 5.58. The molecule has 0 saturated heterocycles. The highest BCUT2D eigenvalue weighted by Gasteiger charge is 2.30. The number of alkyl halides is 4. The molecule has 1 aromatic heterocycles. The summed E-state index contributed by atoms with van der Waals surface area (Å²) < 4.78 is 38.5. The van der Waals surface area contributed by atoms with E-state index >= 15 is 0 Å². The van der Waals surface area contributed by atoms with E-state index < -0.39 is 11.7 Å². The minimum atomic E-state index is -4.29. The van der Waals surface area contributed by atoms with Gasteiger partial charge in [0.05, 0.1) is 14.2 Å². The Bertz CT molecular complexity index is 573. The first-order chi connectivity index (χ1) is 8.79. The van der Waals surface area contributed by atoms with Gasteiger partial charge in [-0.3, -0.25) is 0 Å². The number of hydrogen-bond acceptors (Lipinski definition) is 1. The van der Waals surface area contributed by atoms with E-state index in [2.05, 4.69) is 31.9 Å². The van der Waals surface area contributed by atoms with E-state index in [9.17, 15) is 13.2 Å². The van der Waals surface area contributed by atoms with Crippen LogP contribution in [0, 0.1) is 6.92 Å². The molecule has 2 rings (SSSR count). The van der Waals surface area contributed by atoms with Gasteiger partial charge in [-0.05, 0) is 52.2 Å². The number of thiophene rings is 1. The molecule has 0 nitrogen and oxygen atoms in total. The first-order valence-electron chi connectivity index (χ1n) is 5.36. The van der Waals surface area contributed by atoms with Crippen molar-refractivity contribution in [3.8, 4) is 0 Å². The Balaban J connectivity index is 2.30. The van der Waals surface area contributed by atoms with Gasteiger partial charge in [0.2, 0.25) is 0 Å². The highest BCUT2D eigenvalue weighted by Crippen LogP contribution is 2.39. The van der Waals surface area contributed by atoms with Crippen molar-refractivity contribution in [2.24, 2.45) is 0 Å². The zero-order valence-electron chi connectivity index (χ0n) is 9.76. The van der Waals surface area contributed by atoms with Crippen LogP contribution in [0.2, 0.25) is 0 Å². The molecule has 0 aliphatic heterocycles. The third-order valence-corrected chi connectivity index (χ3v) is 5.32. The number of rotatable bonds is 2. The molecule has 0 N–H and O–H groups in total. The minimum absolute atomic E-state index is 0.0997. The van der Waals surface area contributed by atoms with Crippen LogP contribution in [-0.4, -0.2) is 0 Å². The molecule has 0 fully saturated rings. The van der Waals surface area contributed by atoms with Crippen molar-refractivity contribution in [3.05, 3.63) is 55.7 Å². The van der Waals surface area contributed by atoms with Crippen molar-refractivity contribution in [1.82, 2.24) is 0 Å². The van der Waals surface area contributed by atoms with Gasteiger partial charge in [0.1, 0.15) is 0 Å². The quantitative estimate of drug-likeness (QED) is 0.505. The molecule has 19 heavy (non-hydrogen) atoms. The Labute approximate surface area is 129 Å². The van der Waals surface area contributed by atoms with E-state index in [0.717, 1.165) is 31.9 Å². The van der Waals surface area contributed by atoms with Gasteiger partial charge in [0.15, 0.2) is 0 Å². The number of halogens is 5. The van der Waals surface area contributed by atoms with E-state index in [-0.39, 0.29) is 4.83 Å². The maximum Gasteiger partial charge on any atom is 0.416 e. The molecular formula is C13H9Br2F3S. The third-order valence-electron chi connectivity index (χ3n) is 2.73. The van der Waals surface area contributed by atoms with E-state index in [0.29, 0.717) is 0 Å². The van der Waals surface area contributed by atoms with Crippen LogP contribution in [-0.2, 0) is 6.18 Å². The molecular weight excluding hydrogens is 405 g/mol. The number of hydrogen-bond donors (Lipinski definition) is 0. The predicted molar refractivity (Wildman–Crippen MR) is 79.0 cm³/mol. The van der Waals surface area contributed by atoms with Crippen LogP contribution >= 0.6 is 43.2 Å². The first-order valence-corrected chi connectivity index (χ1v) is 7.88. The lowest BCUT2D eigenvalue weighted by Gasteiger charge is -2.12. The molecule has 0 radical (unpaired) electrons. The van der Waals surface area contributed by atoms with E-state index in [1.807, 2.05) is 13.0 Å². The zero-order chi connectivity index (χ0) is 14.2. The van der Waals surface area contributed by atoms with Crippen LogP contribution in [0.5, 0.6) is 0 Å². The Hall–Kier alpha value is -0.330. The van der Waals surface area contributed by atoms with Crippen LogP contribution in [0.4, 0.5) is 13.2 Å². The number of aryl methyl sites for hydroxylation is 1. The lowest BCUT2D eigenvalue weighted by Crippen LogP contribution is -2.04. The van der Waals surface area contributed by atoms with E-state index in [1.165, 1.54) is 12.1 Å². The van der Waals surface area contributed by atoms with Crippen molar-refractivity contribution in [2.45, 2.75) is 17.9 Å². The maximum absolute atomic E-state index is 12.5. The molecule has 1 aromatic carbocycles. The average molecular weight is 414 g/mol. The van der Waals surface area contributed by atoms with Gasteiger partial charge in [-0.15, -0.1) is 11.3 Å². The summed E-state index contributed by atoms with van der Waals surface area (Å²) in [5, 5.41) is 0. The molecule has 102 valence electrons. The van der Waals surface area contributed by atoms with Gasteiger partial charge >= 0.3 is 6.18 Å². The number of benzene rings is 1. The van der Waals surface area contributed by atoms with Crippen molar-refractivity contribution in [3.63, 3.8) is 0 Å². The highest BCUT2D eigenvalue weighted by molar-refractivity contribution is 9.11. The van der Waals surface area contributed by atoms with E-state index in [4.69, 9.17) is 0 Å². The Kier molecular flexibility index (Phi) is 4.42. The second-order valence-corrected chi connectivity index (χ2v) is 7.60. The second-order valence-electron chi connectivity index (χ2n) is 4.04. The molecule has 6 heteroatoms. The van der Waals surface area contributed by atoms with Crippen molar-refractivity contribution >= 4 is 43.2 Å². The molecule has 2 aromatic rings. The minimum Gasteiger partial charge on any atom is -0.166 e. The molecule has 0 amide bonds. The van der Waals surface area contributed by atoms with Crippen LogP contribution in [0.25, 0.3) is 0 Å². The fourth-order valence-corrected chi connectivity index (χ4v) is 4.41. The van der Waals surface area contributed by atoms with Gasteiger partial charge in [0.25, 0.3) is 0 Å². The van der Waals surface area contributed by atoms with Crippen molar-refractivity contribution < 1.29 is 13.2 Å². The average Bonchev–Trinajstić information content (AvgIpc) is 2.66. The van der Waals surface area contributed by atoms with Gasteiger partial charge < -0.3 is 0 Å². The van der Waals surface area contributed by atoms with Crippen LogP contribution in [0.3, 0.4) is 0 Å². The Morgan fingerprint density at radius 2 is 1.74 bits per heavy atom. The molecule has 1 heterocycles. The van der Waals surface area contributed by atoms with Gasteiger partial charge in [-0.2, -0.15) is 13.2 Å². The molecule has 0 aliphatic carbocycles. The van der Waals surface area contributed by atoms with E-state index in [1.54, 1.807) is 11.3 Å². The third kappa shape index (κ3) is 3.41. The van der Waals surface area contributed by atoms with Crippen LogP contribution in [0.15, 0.2) is 34.1 Å². The maximum atomic E-state index is 12.5. The van der Waals surface area contributed by atoms with Crippen molar-refractivity contribution in [2.75, 3.05) is 0 Å². The van der Waals surface area contributed by atoms with Gasteiger partial charge in [-0.25, -0.2) is 0 Å². The first kappa shape index (κ1) is 15.1. The topological polar surface area (TPSA) is 0 Å². The summed E-state index contributed by atoms with van der Waals surface area (Å²) in [5.74, 6) is 0. The lowest BCUT2D eigenvalue weighted by atomic mass is 10.0. The molecule has 0 aliphatic rings. The lowest BCUT2D eigenvalue weighted by molar-refractivity contribution is -0.137. The Morgan fingerprint density at radius 1 is 1.16 bits per heavy atom. The summed E-state index contributed by atoms with van der Waals surface area (Å²) >= 11 is 8.55. The van der Waals surface area contributed by atoms with Crippen LogP contribution < -0.4 is 0 Å². The summed E-state index contributed by atoms with van der Waals surface area (Å²) in [6, 6.07) is 7.22. The zero-order valence-corrected chi connectivity index (χ0v) is 13.8. The summed E-state index contributed by atoms with van der Waals surface area (Å²) in [5.41, 5.74) is 1.25.